The van der Waals surface area contributed by atoms with E-state index in [1.54, 1.807) is 18.7 Å². The first-order valence-electron chi connectivity index (χ1n) is 9.26. The molecule has 3 atom stereocenters. The molecular formula is C20H26N2O5. The molecule has 2 fully saturated rings. The molecule has 2 N–H and O–H groups in total. The number of rotatable bonds is 6. The zero-order chi connectivity index (χ0) is 19.6. The molecule has 7 nitrogen and oxygen atoms in total. The van der Waals surface area contributed by atoms with Gasteiger partial charge in [-0.1, -0.05) is 44.2 Å². The van der Waals surface area contributed by atoms with Gasteiger partial charge in [-0.25, -0.2) is 0 Å². The second-order valence-electron chi connectivity index (χ2n) is 7.80. The maximum absolute atomic E-state index is 13.0. The molecule has 27 heavy (non-hydrogen) atoms. The molecule has 2 aliphatic rings. The maximum Gasteiger partial charge on any atom is 0.307 e. The summed E-state index contributed by atoms with van der Waals surface area (Å²) in [5.41, 5.74) is 0.337. The topological polar surface area (TPSA) is 95.9 Å². The van der Waals surface area contributed by atoms with Crippen LogP contribution in [-0.2, 0) is 25.5 Å². The summed E-state index contributed by atoms with van der Waals surface area (Å²) in [6.45, 7) is 5.49. The minimum absolute atomic E-state index is 0.152. The quantitative estimate of drug-likeness (QED) is 0.772. The summed E-state index contributed by atoms with van der Waals surface area (Å²) in [5, 5.41) is 12.2. The number of nitrogens with one attached hydrogen (secondary N) is 1. The van der Waals surface area contributed by atoms with Crippen LogP contribution in [0, 0.1) is 17.3 Å². The van der Waals surface area contributed by atoms with Crippen LogP contribution in [0.1, 0.15) is 19.4 Å². The summed E-state index contributed by atoms with van der Waals surface area (Å²) in [5.74, 6) is -2.82. The Morgan fingerprint density at radius 1 is 1.19 bits per heavy atom. The number of hydrogen-bond acceptors (Lipinski definition) is 4. The Hall–Kier alpha value is -2.41. The van der Waals surface area contributed by atoms with Gasteiger partial charge < -0.3 is 20.1 Å². The molecule has 0 bridgehead atoms. The third kappa shape index (κ3) is 4.13. The van der Waals surface area contributed by atoms with Gasteiger partial charge in [-0.15, -0.1) is 0 Å². The largest absolute Gasteiger partial charge is 0.481 e. The molecule has 1 unspecified atom stereocenters. The van der Waals surface area contributed by atoms with E-state index in [1.807, 2.05) is 30.3 Å². The van der Waals surface area contributed by atoms with Crippen molar-refractivity contribution in [3.8, 4) is 0 Å². The fourth-order valence-corrected chi connectivity index (χ4v) is 3.90. The summed E-state index contributed by atoms with van der Waals surface area (Å²) >= 11 is 0. The van der Waals surface area contributed by atoms with Gasteiger partial charge in [0.05, 0.1) is 25.0 Å². The van der Waals surface area contributed by atoms with Gasteiger partial charge >= 0.3 is 5.97 Å². The van der Waals surface area contributed by atoms with Crippen molar-refractivity contribution in [2.45, 2.75) is 26.3 Å². The molecule has 3 rings (SSSR count). The van der Waals surface area contributed by atoms with E-state index in [9.17, 15) is 19.5 Å². The smallest absolute Gasteiger partial charge is 0.307 e. The second kappa shape index (κ2) is 7.68. The molecule has 146 valence electrons. The van der Waals surface area contributed by atoms with Crippen LogP contribution in [0.2, 0.25) is 0 Å². The van der Waals surface area contributed by atoms with E-state index in [1.165, 1.54) is 0 Å². The first kappa shape index (κ1) is 19.4. The van der Waals surface area contributed by atoms with E-state index in [2.05, 4.69) is 5.32 Å². The fraction of sp³-hybridized carbons (Fsp3) is 0.550. The Balaban J connectivity index is 1.74. The van der Waals surface area contributed by atoms with Crippen molar-refractivity contribution in [3.63, 3.8) is 0 Å². The zero-order valence-electron chi connectivity index (χ0n) is 15.7. The molecule has 1 aliphatic heterocycles. The standard InChI is InChI=1S/C20H26N2O5/c1-20(2)15(16(20)19(25)26)17(23)21-14(12-13-6-4-3-5-7-13)18(24)22-8-10-27-11-9-22/h3-7,14-16H,8-12H2,1-2H3,(H,21,23)(H,25,26)/t14?,15-,16+/m1/s1. The van der Waals surface area contributed by atoms with Crippen LogP contribution in [0.3, 0.4) is 0 Å². The highest BCUT2D eigenvalue weighted by atomic mass is 16.5. The third-order valence-electron chi connectivity index (χ3n) is 5.60. The molecule has 0 spiro atoms. The van der Waals surface area contributed by atoms with Crippen molar-refractivity contribution in [1.29, 1.82) is 0 Å². The Morgan fingerprint density at radius 3 is 2.37 bits per heavy atom. The number of morpholine rings is 1. The molecule has 1 aliphatic carbocycles. The number of benzene rings is 1. The van der Waals surface area contributed by atoms with Crippen molar-refractivity contribution < 1.29 is 24.2 Å². The Kier molecular flexibility index (Phi) is 5.51. The third-order valence-corrected chi connectivity index (χ3v) is 5.60. The molecule has 1 aromatic rings. The molecule has 0 radical (unpaired) electrons. The zero-order valence-corrected chi connectivity index (χ0v) is 15.7. The Bertz CT molecular complexity index is 712. The van der Waals surface area contributed by atoms with Gasteiger partial charge in [0.1, 0.15) is 6.04 Å². The highest BCUT2D eigenvalue weighted by Gasteiger charge is 2.66. The number of amides is 2. The summed E-state index contributed by atoms with van der Waals surface area (Å²) in [4.78, 5) is 38.8. The predicted molar refractivity (Wildman–Crippen MR) is 97.9 cm³/mol. The minimum atomic E-state index is -0.973. The van der Waals surface area contributed by atoms with Gasteiger partial charge in [0.2, 0.25) is 11.8 Å². The Morgan fingerprint density at radius 2 is 1.81 bits per heavy atom. The highest BCUT2D eigenvalue weighted by Crippen LogP contribution is 2.58. The average molecular weight is 374 g/mol. The first-order valence-corrected chi connectivity index (χ1v) is 9.26. The molecule has 1 saturated carbocycles. The number of carbonyl (C=O) groups is 3. The van der Waals surface area contributed by atoms with E-state index in [0.29, 0.717) is 32.7 Å². The van der Waals surface area contributed by atoms with E-state index in [0.717, 1.165) is 5.56 Å². The van der Waals surface area contributed by atoms with Crippen LogP contribution >= 0.6 is 0 Å². The number of aliphatic carboxylic acids is 1. The van der Waals surface area contributed by atoms with Gasteiger partial charge in [0.15, 0.2) is 0 Å². The Labute approximate surface area is 158 Å². The monoisotopic (exact) mass is 374 g/mol. The summed E-state index contributed by atoms with van der Waals surface area (Å²) in [6.07, 6.45) is 0.369. The number of carboxylic acid groups (broad SMARTS) is 1. The average Bonchev–Trinajstić information content (AvgIpc) is 3.25. The van der Waals surface area contributed by atoms with E-state index < -0.39 is 29.3 Å². The van der Waals surface area contributed by atoms with Crippen LogP contribution in [-0.4, -0.2) is 60.1 Å². The van der Waals surface area contributed by atoms with Crippen LogP contribution < -0.4 is 5.32 Å². The van der Waals surface area contributed by atoms with E-state index >= 15 is 0 Å². The second-order valence-corrected chi connectivity index (χ2v) is 7.80. The molecule has 2 amide bonds. The van der Waals surface area contributed by atoms with Gasteiger partial charge in [-0.2, -0.15) is 0 Å². The van der Waals surface area contributed by atoms with Crippen molar-refractivity contribution >= 4 is 17.8 Å². The van der Waals surface area contributed by atoms with Gasteiger partial charge in [-0.3, -0.25) is 14.4 Å². The van der Waals surface area contributed by atoms with Crippen LogP contribution in [0.4, 0.5) is 0 Å². The number of carboxylic acids is 1. The van der Waals surface area contributed by atoms with Crippen molar-refractivity contribution in [1.82, 2.24) is 10.2 Å². The summed E-state index contributed by atoms with van der Waals surface area (Å²) in [7, 11) is 0. The summed E-state index contributed by atoms with van der Waals surface area (Å²) < 4.78 is 5.30. The van der Waals surface area contributed by atoms with Gasteiger partial charge in [-0.05, 0) is 11.0 Å². The van der Waals surface area contributed by atoms with Gasteiger partial charge in [0.25, 0.3) is 0 Å². The first-order chi connectivity index (χ1) is 12.8. The lowest BCUT2D eigenvalue weighted by atomic mass is 10.0. The lowest BCUT2D eigenvalue weighted by molar-refractivity contribution is -0.141. The SMILES string of the molecule is CC1(C)[C@H](C(=O)O)[C@@H]1C(=O)NC(Cc1ccccc1)C(=O)N1CCOCC1. The van der Waals surface area contributed by atoms with Crippen molar-refractivity contribution in [2.75, 3.05) is 26.3 Å². The van der Waals surface area contributed by atoms with Crippen molar-refractivity contribution in [3.05, 3.63) is 35.9 Å². The number of hydrogen-bond donors (Lipinski definition) is 2. The minimum Gasteiger partial charge on any atom is -0.481 e. The highest BCUT2D eigenvalue weighted by molar-refractivity contribution is 5.94. The molecule has 7 heteroatoms. The molecule has 1 aromatic carbocycles. The number of ether oxygens (including phenoxy) is 1. The lowest BCUT2D eigenvalue weighted by Crippen LogP contribution is -2.53. The van der Waals surface area contributed by atoms with E-state index in [4.69, 9.17) is 4.74 Å². The fourth-order valence-electron chi connectivity index (χ4n) is 3.90. The molecule has 1 saturated heterocycles. The van der Waals surface area contributed by atoms with Crippen LogP contribution in [0.25, 0.3) is 0 Å². The normalized spacial score (nSPS) is 24.7. The molecule has 0 aromatic heterocycles. The van der Waals surface area contributed by atoms with Crippen LogP contribution in [0.15, 0.2) is 30.3 Å². The molecule has 1 heterocycles. The van der Waals surface area contributed by atoms with Crippen LogP contribution in [0.5, 0.6) is 0 Å². The number of nitrogens with zero attached hydrogens (tertiary/aromatic N) is 1. The van der Waals surface area contributed by atoms with Crippen molar-refractivity contribution in [2.24, 2.45) is 17.3 Å². The predicted octanol–water partition coefficient (Wildman–Crippen LogP) is 0.929. The maximum atomic E-state index is 13.0. The number of carbonyl (C=O) groups excluding carboxylic acids is 2. The van der Waals surface area contributed by atoms with E-state index in [-0.39, 0.29) is 11.8 Å². The lowest BCUT2D eigenvalue weighted by Gasteiger charge is -2.31. The molecular weight excluding hydrogens is 348 g/mol. The summed E-state index contributed by atoms with van der Waals surface area (Å²) in [6, 6.07) is 8.77. The van der Waals surface area contributed by atoms with Gasteiger partial charge in [0, 0.05) is 19.5 Å².